The van der Waals surface area contributed by atoms with Gasteiger partial charge in [0.1, 0.15) is 10.9 Å². The molecule has 0 radical (unpaired) electrons. The highest BCUT2D eigenvalue weighted by Gasteiger charge is 2.42. The van der Waals surface area contributed by atoms with Crippen molar-refractivity contribution in [1.82, 2.24) is 4.31 Å². The largest absolute Gasteiger partial charge is 0.252 e. The minimum atomic E-state index is -3.65. The molecule has 1 fully saturated rings. The zero-order valence-electron chi connectivity index (χ0n) is 15.4. The fourth-order valence-electron chi connectivity index (χ4n) is 3.51. The second-order valence-electron chi connectivity index (χ2n) is 6.79. The molecule has 0 amide bonds. The van der Waals surface area contributed by atoms with Gasteiger partial charge < -0.3 is 0 Å². The van der Waals surface area contributed by atoms with Gasteiger partial charge in [-0.05, 0) is 30.5 Å². The molecule has 1 saturated heterocycles. The maximum Gasteiger partial charge on any atom is 0.243 e. The van der Waals surface area contributed by atoms with Crippen LogP contribution in [-0.2, 0) is 10.0 Å². The molecule has 8 heteroatoms. The molecule has 0 saturated carbocycles. The Hall–Kier alpha value is -2.03. The molecule has 0 aliphatic carbocycles. The summed E-state index contributed by atoms with van der Waals surface area (Å²) in [5, 5.41) is 0.890. The third kappa shape index (κ3) is 3.52. The summed E-state index contributed by atoms with van der Waals surface area (Å²) in [6.45, 7) is 0.660. The van der Waals surface area contributed by atoms with E-state index in [-0.39, 0.29) is 4.90 Å². The number of hydrogen-bond donors (Lipinski definition) is 0. The average Bonchev–Trinajstić information content (AvgIpc) is 3.07. The molecule has 4 rings (SSSR count). The SMILES string of the molecule is CSC1=NC2(CCN(S(=O)(=O)c3ccc(F)cc3)CC2)N=C1c1ccccc1. The molecule has 2 aliphatic heterocycles. The Balaban J connectivity index is 1.56. The molecule has 1 spiro atoms. The van der Waals surface area contributed by atoms with Crippen molar-refractivity contribution in [2.45, 2.75) is 23.4 Å². The van der Waals surface area contributed by atoms with Gasteiger partial charge in [0.2, 0.25) is 10.0 Å². The van der Waals surface area contributed by atoms with Crippen LogP contribution in [0.5, 0.6) is 0 Å². The number of hydrogen-bond acceptors (Lipinski definition) is 5. The summed E-state index contributed by atoms with van der Waals surface area (Å²) in [4.78, 5) is 9.89. The first kappa shape index (κ1) is 19.3. The Morgan fingerprint density at radius 1 is 1.00 bits per heavy atom. The van der Waals surface area contributed by atoms with Crippen molar-refractivity contribution in [3.05, 3.63) is 66.0 Å². The van der Waals surface area contributed by atoms with Crippen LogP contribution in [0.2, 0.25) is 0 Å². The van der Waals surface area contributed by atoms with Gasteiger partial charge >= 0.3 is 0 Å². The van der Waals surface area contributed by atoms with Crippen LogP contribution in [0.3, 0.4) is 0 Å². The average molecular weight is 418 g/mol. The lowest BCUT2D eigenvalue weighted by Crippen LogP contribution is -2.44. The Bertz CT molecular complexity index is 1030. The Morgan fingerprint density at radius 2 is 1.64 bits per heavy atom. The molecule has 0 unspecified atom stereocenters. The highest BCUT2D eigenvalue weighted by molar-refractivity contribution is 8.15. The van der Waals surface area contributed by atoms with E-state index in [1.54, 1.807) is 11.8 Å². The van der Waals surface area contributed by atoms with Crippen molar-refractivity contribution in [2.75, 3.05) is 19.3 Å². The summed E-state index contributed by atoms with van der Waals surface area (Å²) >= 11 is 1.56. The van der Waals surface area contributed by atoms with E-state index in [1.165, 1.54) is 28.6 Å². The number of halogens is 1. The zero-order valence-corrected chi connectivity index (χ0v) is 17.0. The number of sulfonamides is 1. The number of rotatable bonds is 3. The molecule has 5 nitrogen and oxygen atoms in total. The Morgan fingerprint density at radius 3 is 2.25 bits per heavy atom. The fraction of sp³-hybridized carbons (Fsp3) is 0.300. The number of aliphatic imine (C=N–C) groups is 2. The van der Waals surface area contributed by atoms with Crippen molar-refractivity contribution in [3.8, 4) is 0 Å². The standard InChI is InChI=1S/C20H20FN3O2S2/c1-27-19-18(15-5-3-2-4-6-15)22-20(23-19)11-13-24(14-12-20)28(25,26)17-9-7-16(21)8-10-17/h2-10H,11-14H2,1H3. The third-order valence-electron chi connectivity index (χ3n) is 5.05. The molecule has 2 aliphatic rings. The quantitative estimate of drug-likeness (QED) is 0.767. The van der Waals surface area contributed by atoms with Crippen LogP contribution in [-0.4, -0.2) is 48.5 Å². The van der Waals surface area contributed by atoms with Gasteiger partial charge in [0.25, 0.3) is 0 Å². The van der Waals surface area contributed by atoms with Crippen LogP contribution >= 0.6 is 11.8 Å². The number of thioether (sulfide) groups is 1. The monoisotopic (exact) mass is 417 g/mol. The molecule has 2 heterocycles. The van der Waals surface area contributed by atoms with E-state index in [4.69, 9.17) is 9.98 Å². The van der Waals surface area contributed by atoms with Crippen molar-refractivity contribution in [1.29, 1.82) is 0 Å². The van der Waals surface area contributed by atoms with E-state index in [0.29, 0.717) is 25.9 Å². The van der Waals surface area contributed by atoms with Gasteiger partial charge in [-0.25, -0.2) is 17.8 Å². The second kappa shape index (κ2) is 7.42. The summed E-state index contributed by atoms with van der Waals surface area (Å²) in [5.41, 5.74) is 1.30. The summed E-state index contributed by atoms with van der Waals surface area (Å²) in [6, 6.07) is 14.9. The van der Waals surface area contributed by atoms with Crippen molar-refractivity contribution >= 4 is 32.5 Å². The van der Waals surface area contributed by atoms with Gasteiger partial charge in [-0.15, -0.1) is 11.8 Å². The first-order chi connectivity index (χ1) is 13.4. The molecule has 0 bridgehead atoms. The lowest BCUT2D eigenvalue weighted by molar-refractivity contribution is 0.249. The van der Waals surface area contributed by atoms with E-state index < -0.39 is 21.5 Å². The maximum atomic E-state index is 13.1. The normalized spacial score (nSPS) is 19.5. The van der Waals surface area contributed by atoms with Crippen LogP contribution in [0.1, 0.15) is 18.4 Å². The van der Waals surface area contributed by atoms with Gasteiger partial charge in [-0.1, -0.05) is 30.3 Å². The molecule has 0 N–H and O–H groups in total. The van der Waals surface area contributed by atoms with E-state index in [9.17, 15) is 12.8 Å². The molecule has 2 aromatic rings. The molecule has 2 aromatic carbocycles. The lowest BCUT2D eigenvalue weighted by Gasteiger charge is -2.34. The van der Waals surface area contributed by atoms with Crippen LogP contribution in [0.4, 0.5) is 4.39 Å². The number of piperidine rings is 1. The van der Waals surface area contributed by atoms with Crippen LogP contribution in [0, 0.1) is 5.82 Å². The lowest BCUT2D eigenvalue weighted by atomic mass is 10.00. The predicted octanol–water partition coefficient (Wildman–Crippen LogP) is 3.57. The Kier molecular flexibility index (Phi) is 5.11. The second-order valence-corrected chi connectivity index (χ2v) is 9.52. The van der Waals surface area contributed by atoms with Crippen molar-refractivity contribution in [3.63, 3.8) is 0 Å². The smallest absolute Gasteiger partial charge is 0.243 e. The minimum Gasteiger partial charge on any atom is -0.252 e. The molecule has 146 valence electrons. The number of nitrogens with zero attached hydrogens (tertiary/aromatic N) is 3. The highest BCUT2D eigenvalue weighted by atomic mass is 32.2. The molecule has 0 aromatic heterocycles. The van der Waals surface area contributed by atoms with E-state index in [0.717, 1.165) is 16.3 Å². The van der Waals surface area contributed by atoms with E-state index in [2.05, 4.69) is 0 Å². The zero-order chi connectivity index (χ0) is 19.8. The maximum absolute atomic E-state index is 13.1. The highest BCUT2D eigenvalue weighted by Crippen LogP contribution is 2.36. The van der Waals surface area contributed by atoms with Crippen molar-refractivity contribution < 1.29 is 12.8 Å². The van der Waals surface area contributed by atoms with Crippen LogP contribution < -0.4 is 0 Å². The van der Waals surface area contributed by atoms with E-state index in [1.807, 2.05) is 36.6 Å². The van der Waals surface area contributed by atoms with Crippen molar-refractivity contribution in [2.24, 2.45) is 9.98 Å². The fourth-order valence-corrected chi connectivity index (χ4v) is 5.57. The first-order valence-corrected chi connectivity index (χ1v) is 11.7. The number of benzene rings is 2. The minimum absolute atomic E-state index is 0.109. The summed E-state index contributed by atoms with van der Waals surface area (Å²) in [6.07, 6.45) is 3.02. The van der Waals surface area contributed by atoms with Crippen LogP contribution in [0.25, 0.3) is 0 Å². The summed E-state index contributed by atoms with van der Waals surface area (Å²) in [7, 11) is -3.65. The Labute approximate surface area is 168 Å². The first-order valence-electron chi connectivity index (χ1n) is 8.99. The van der Waals surface area contributed by atoms with Gasteiger partial charge in [0, 0.05) is 31.5 Å². The molecule has 0 atom stereocenters. The predicted molar refractivity (Wildman–Crippen MR) is 111 cm³/mol. The summed E-state index contributed by atoms with van der Waals surface area (Å²) < 4.78 is 40.2. The topological polar surface area (TPSA) is 62.1 Å². The van der Waals surface area contributed by atoms with Gasteiger partial charge in [-0.3, -0.25) is 4.99 Å². The van der Waals surface area contributed by atoms with Gasteiger partial charge in [0.05, 0.1) is 10.6 Å². The summed E-state index contributed by atoms with van der Waals surface area (Å²) in [5.74, 6) is -0.454. The van der Waals surface area contributed by atoms with E-state index >= 15 is 0 Å². The van der Waals surface area contributed by atoms with Crippen LogP contribution in [0.15, 0.2) is 69.5 Å². The van der Waals surface area contributed by atoms with Gasteiger partial charge in [0.15, 0.2) is 5.66 Å². The molecule has 28 heavy (non-hydrogen) atoms. The third-order valence-corrected chi connectivity index (χ3v) is 7.63. The molecular weight excluding hydrogens is 397 g/mol. The molecular formula is C20H20FN3O2S2. The van der Waals surface area contributed by atoms with Gasteiger partial charge in [-0.2, -0.15) is 4.31 Å².